The quantitative estimate of drug-likeness (QED) is 0.901. The van der Waals surface area contributed by atoms with Gasteiger partial charge in [0.25, 0.3) is 0 Å². The number of thioether (sulfide) groups is 1. The van der Waals surface area contributed by atoms with E-state index in [0.717, 1.165) is 24.2 Å². The van der Waals surface area contributed by atoms with Gasteiger partial charge in [-0.3, -0.25) is 4.99 Å². The van der Waals surface area contributed by atoms with Gasteiger partial charge in [0, 0.05) is 11.8 Å². The first-order valence-electron chi connectivity index (χ1n) is 6.11. The molecule has 0 aliphatic carbocycles. The highest BCUT2D eigenvalue weighted by Gasteiger charge is 2.20. The van der Waals surface area contributed by atoms with Gasteiger partial charge in [0.15, 0.2) is 5.17 Å². The number of aliphatic imine (C=N–C) groups is 1. The number of rotatable bonds is 4. The van der Waals surface area contributed by atoms with Crippen LogP contribution >= 0.6 is 23.1 Å². The van der Waals surface area contributed by atoms with E-state index in [-0.39, 0.29) is 0 Å². The van der Waals surface area contributed by atoms with Gasteiger partial charge in [-0.2, -0.15) is 11.3 Å². The van der Waals surface area contributed by atoms with Gasteiger partial charge in [-0.05, 0) is 41.1 Å². The molecule has 0 fully saturated rings. The number of thiophene rings is 1. The summed E-state index contributed by atoms with van der Waals surface area (Å²) in [5.41, 5.74) is 2.77. The summed E-state index contributed by atoms with van der Waals surface area (Å²) in [6.45, 7) is 8.61. The van der Waals surface area contributed by atoms with Crippen LogP contribution in [0.2, 0.25) is 0 Å². The number of nitrogens with zero attached hydrogens (tertiary/aromatic N) is 1. The zero-order valence-corrected chi connectivity index (χ0v) is 12.3. The van der Waals surface area contributed by atoms with Crippen molar-refractivity contribution in [3.05, 3.63) is 21.9 Å². The van der Waals surface area contributed by atoms with E-state index in [0.29, 0.717) is 5.25 Å². The summed E-state index contributed by atoms with van der Waals surface area (Å²) in [6.07, 6.45) is 1.26. The maximum absolute atomic E-state index is 4.57. The fourth-order valence-corrected chi connectivity index (χ4v) is 4.01. The summed E-state index contributed by atoms with van der Waals surface area (Å²) < 4.78 is 0. The molecule has 0 amide bonds. The Morgan fingerprint density at radius 1 is 1.47 bits per heavy atom. The lowest BCUT2D eigenvalue weighted by Crippen LogP contribution is -2.19. The van der Waals surface area contributed by atoms with Crippen LogP contribution in [0.25, 0.3) is 0 Å². The van der Waals surface area contributed by atoms with Crippen LogP contribution < -0.4 is 5.32 Å². The van der Waals surface area contributed by atoms with E-state index in [9.17, 15) is 0 Å². The summed E-state index contributed by atoms with van der Waals surface area (Å²) in [6, 6.07) is 0. The molecule has 94 valence electrons. The van der Waals surface area contributed by atoms with Crippen LogP contribution in [0.1, 0.15) is 31.4 Å². The molecule has 0 aromatic carbocycles. The Morgan fingerprint density at radius 3 is 2.94 bits per heavy atom. The van der Waals surface area contributed by atoms with Gasteiger partial charge in [-0.15, -0.1) is 0 Å². The van der Waals surface area contributed by atoms with Crippen molar-refractivity contribution in [3.63, 3.8) is 0 Å². The molecule has 1 N–H and O–H groups in total. The third kappa shape index (κ3) is 3.75. The zero-order valence-electron chi connectivity index (χ0n) is 10.7. The third-order valence-electron chi connectivity index (χ3n) is 2.84. The van der Waals surface area contributed by atoms with E-state index < -0.39 is 0 Å². The lowest BCUT2D eigenvalue weighted by molar-refractivity contribution is 0.575. The molecule has 0 spiro atoms. The average Bonchev–Trinajstić information content (AvgIpc) is 2.84. The Labute approximate surface area is 112 Å². The number of hydrogen-bond acceptors (Lipinski definition) is 4. The van der Waals surface area contributed by atoms with Crippen molar-refractivity contribution >= 4 is 28.3 Å². The Kier molecular flexibility index (Phi) is 4.51. The van der Waals surface area contributed by atoms with Gasteiger partial charge < -0.3 is 5.32 Å². The summed E-state index contributed by atoms with van der Waals surface area (Å²) in [7, 11) is 0. The first-order valence-corrected chi connectivity index (χ1v) is 7.94. The van der Waals surface area contributed by atoms with Crippen LogP contribution in [0.3, 0.4) is 0 Å². The van der Waals surface area contributed by atoms with E-state index >= 15 is 0 Å². The second-order valence-electron chi connectivity index (χ2n) is 4.95. The highest BCUT2D eigenvalue weighted by atomic mass is 32.2. The van der Waals surface area contributed by atoms with Gasteiger partial charge in [0.2, 0.25) is 0 Å². The molecule has 2 rings (SSSR count). The SMILES string of the molecule is Cc1cscc1CNC1=NCC(CC(C)C)S1. The van der Waals surface area contributed by atoms with Gasteiger partial charge in [0.05, 0.1) is 6.54 Å². The lowest BCUT2D eigenvalue weighted by Gasteiger charge is -2.11. The Morgan fingerprint density at radius 2 is 2.29 bits per heavy atom. The molecule has 1 aromatic rings. The highest BCUT2D eigenvalue weighted by molar-refractivity contribution is 8.14. The minimum atomic E-state index is 0.682. The van der Waals surface area contributed by atoms with Gasteiger partial charge in [-0.1, -0.05) is 25.6 Å². The molecule has 1 unspecified atom stereocenters. The molecule has 0 saturated heterocycles. The van der Waals surface area contributed by atoms with Crippen LogP contribution in [0, 0.1) is 12.8 Å². The van der Waals surface area contributed by atoms with Crippen molar-refractivity contribution in [2.24, 2.45) is 10.9 Å². The molecule has 1 aliphatic rings. The van der Waals surface area contributed by atoms with Crippen molar-refractivity contribution in [1.29, 1.82) is 0 Å². The Bertz CT molecular complexity index is 396. The monoisotopic (exact) mass is 268 g/mol. The third-order valence-corrected chi connectivity index (χ3v) is 4.92. The van der Waals surface area contributed by atoms with E-state index in [1.807, 2.05) is 11.8 Å². The second kappa shape index (κ2) is 5.91. The number of nitrogens with one attached hydrogen (secondary N) is 1. The zero-order chi connectivity index (χ0) is 12.3. The minimum Gasteiger partial charge on any atom is -0.361 e. The summed E-state index contributed by atoms with van der Waals surface area (Å²) in [4.78, 5) is 4.57. The maximum Gasteiger partial charge on any atom is 0.157 e. The predicted molar refractivity (Wildman–Crippen MR) is 79.0 cm³/mol. The molecular weight excluding hydrogens is 248 g/mol. The summed E-state index contributed by atoms with van der Waals surface area (Å²) >= 11 is 3.68. The van der Waals surface area contributed by atoms with Crippen molar-refractivity contribution < 1.29 is 0 Å². The lowest BCUT2D eigenvalue weighted by atomic mass is 10.1. The van der Waals surface area contributed by atoms with E-state index in [2.05, 4.69) is 41.8 Å². The molecule has 4 heteroatoms. The number of aryl methyl sites for hydroxylation is 1. The first-order chi connectivity index (χ1) is 8.15. The molecule has 0 radical (unpaired) electrons. The van der Waals surface area contributed by atoms with Crippen LogP contribution in [-0.4, -0.2) is 17.0 Å². The van der Waals surface area contributed by atoms with Gasteiger partial charge in [0.1, 0.15) is 0 Å². The van der Waals surface area contributed by atoms with Gasteiger partial charge in [-0.25, -0.2) is 0 Å². The summed E-state index contributed by atoms with van der Waals surface area (Å²) in [5, 5.41) is 9.67. The molecule has 2 heterocycles. The predicted octanol–water partition coefficient (Wildman–Crippen LogP) is 3.66. The molecule has 0 bridgehead atoms. The Hall–Kier alpha value is -0.480. The second-order valence-corrected chi connectivity index (χ2v) is 6.98. The minimum absolute atomic E-state index is 0.682. The molecular formula is C13H20N2S2. The average molecular weight is 268 g/mol. The van der Waals surface area contributed by atoms with Crippen LogP contribution in [0.4, 0.5) is 0 Å². The van der Waals surface area contributed by atoms with Crippen LogP contribution in [0.5, 0.6) is 0 Å². The van der Waals surface area contributed by atoms with E-state index in [1.54, 1.807) is 11.3 Å². The normalized spacial score (nSPS) is 19.8. The van der Waals surface area contributed by atoms with E-state index in [4.69, 9.17) is 0 Å². The largest absolute Gasteiger partial charge is 0.361 e. The molecule has 1 aliphatic heterocycles. The fourth-order valence-electron chi connectivity index (χ4n) is 1.90. The van der Waals surface area contributed by atoms with Crippen molar-refractivity contribution in [2.45, 2.75) is 39.0 Å². The standard InChI is InChI=1S/C13H20N2S2/c1-9(2)4-12-6-15-13(17-12)14-5-11-8-16-7-10(11)3/h7-9,12H,4-6H2,1-3H3,(H,14,15). The summed E-state index contributed by atoms with van der Waals surface area (Å²) in [5.74, 6) is 0.765. The smallest absolute Gasteiger partial charge is 0.157 e. The van der Waals surface area contributed by atoms with Crippen molar-refractivity contribution in [3.8, 4) is 0 Å². The fraction of sp³-hybridized carbons (Fsp3) is 0.615. The van der Waals surface area contributed by atoms with Crippen molar-refractivity contribution in [1.82, 2.24) is 5.32 Å². The van der Waals surface area contributed by atoms with E-state index in [1.165, 1.54) is 17.5 Å². The Balaban J connectivity index is 1.77. The maximum atomic E-state index is 4.57. The van der Waals surface area contributed by atoms with Crippen LogP contribution in [0.15, 0.2) is 15.8 Å². The highest BCUT2D eigenvalue weighted by Crippen LogP contribution is 2.25. The first kappa shape index (κ1) is 13.0. The molecule has 1 atom stereocenters. The molecule has 2 nitrogen and oxygen atoms in total. The van der Waals surface area contributed by atoms with Crippen LogP contribution in [-0.2, 0) is 6.54 Å². The number of amidine groups is 1. The molecule has 0 saturated carbocycles. The molecule has 17 heavy (non-hydrogen) atoms. The van der Waals surface area contributed by atoms with Crippen molar-refractivity contribution in [2.75, 3.05) is 6.54 Å². The van der Waals surface area contributed by atoms with Gasteiger partial charge >= 0.3 is 0 Å². The molecule has 1 aromatic heterocycles. The topological polar surface area (TPSA) is 24.4 Å². The number of hydrogen-bond donors (Lipinski definition) is 1.